The van der Waals surface area contributed by atoms with Gasteiger partial charge in [-0.15, -0.1) is 23.1 Å². The van der Waals surface area contributed by atoms with Crippen LogP contribution < -0.4 is 5.32 Å². The number of aryl methyl sites for hydroxylation is 1. The molecule has 0 bridgehead atoms. The fourth-order valence-electron chi connectivity index (χ4n) is 2.09. The number of hydrogen-bond acceptors (Lipinski definition) is 3. The van der Waals surface area contributed by atoms with E-state index >= 15 is 0 Å². The Morgan fingerprint density at radius 3 is 2.58 bits per heavy atom. The van der Waals surface area contributed by atoms with Crippen LogP contribution in [-0.4, -0.2) is 6.26 Å². The molecule has 0 amide bonds. The van der Waals surface area contributed by atoms with E-state index in [1.54, 1.807) is 11.8 Å². The molecule has 0 fully saturated rings. The summed E-state index contributed by atoms with van der Waals surface area (Å²) < 4.78 is 0. The Bertz CT molecular complexity index is 502. The van der Waals surface area contributed by atoms with E-state index in [0.717, 1.165) is 13.0 Å². The van der Waals surface area contributed by atoms with Crippen molar-refractivity contribution in [1.82, 2.24) is 5.32 Å². The van der Waals surface area contributed by atoms with Gasteiger partial charge in [0.15, 0.2) is 0 Å². The van der Waals surface area contributed by atoms with Gasteiger partial charge in [0.1, 0.15) is 0 Å². The topological polar surface area (TPSA) is 12.0 Å². The first kappa shape index (κ1) is 14.6. The van der Waals surface area contributed by atoms with Gasteiger partial charge in [-0.1, -0.05) is 19.1 Å². The van der Waals surface area contributed by atoms with E-state index in [-0.39, 0.29) is 0 Å². The smallest absolute Gasteiger partial charge is 0.0308 e. The zero-order valence-electron chi connectivity index (χ0n) is 11.8. The Kier molecular flexibility index (Phi) is 5.49. The van der Waals surface area contributed by atoms with E-state index in [1.807, 2.05) is 11.3 Å². The lowest BCUT2D eigenvalue weighted by molar-refractivity contribution is 0.577. The maximum Gasteiger partial charge on any atom is 0.0308 e. The van der Waals surface area contributed by atoms with E-state index in [1.165, 1.54) is 20.9 Å². The molecule has 2 aromatic rings. The summed E-state index contributed by atoms with van der Waals surface area (Å²) >= 11 is 3.64. The number of hydrogen-bond donors (Lipinski definition) is 1. The molecule has 1 N–H and O–H groups in total. The number of thioether (sulfide) groups is 1. The number of benzene rings is 1. The van der Waals surface area contributed by atoms with Crippen molar-refractivity contribution >= 4 is 23.1 Å². The lowest BCUT2D eigenvalue weighted by atomic mass is 10.1. The molecule has 0 spiro atoms. The highest BCUT2D eigenvalue weighted by Crippen LogP contribution is 2.21. The molecule has 0 saturated carbocycles. The average Bonchev–Trinajstić information content (AvgIpc) is 2.92. The Hall–Kier alpha value is -0.770. The molecule has 19 heavy (non-hydrogen) atoms. The van der Waals surface area contributed by atoms with E-state index in [9.17, 15) is 0 Å². The zero-order chi connectivity index (χ0) is 13.7. The van der Waals surface area contributed by atoms with Crippen molar-refractivity contribution in [2.24, 2.45) is 0 Å². The van der Waals surface area contributed by atoms with E-state index in [0.29, 0.717) is 6.04 Å². The van der Waals surface area contributed by atoms with Crippen molar-refractivity contribution in [3.05, 3.63) is 51.7 Å². The third-order valence-corrected chi connectivity index (χ3v) is 5.11. The predicted octanol–water partition coefficient (Wildman–Crippen LogP) is 4.88. The summed E-state index contributed by atoms with van der Waals surface area (Å²) in [5.41, 5.74) is 2.83. The number of nitrogens with one attached hydrogen (secondary N) is 1. The molecule has 102 valence electrons. The molecule has 2 rings (SSSR count). The van der Waals surface area contributed by atoms with Crippen LogP contribution in [0.15, 0.2) is 40.6 Å². The maximum atomic E-state index is 3.62. The molecule has 0 aliphatic heterocycles. The molecule has 1 aromatic heterocycles. The lowest BCUT2D eigenvalue weighted by Gasteiger charge is -2.14. The highest BCUT2D eigenvalue weighted by molar-refractivity contribution is 7.98. The third kappa shape index (κ3) is 3.85. The summed E-state index contributed by atoms with van der Waals surface area (Å²) in [4.78, 5) is 2.79. The molecule has 1 heterocycles. The summed E-state index contributed by atoms with van der Waals surface area (Å²) in [5, 5.41) is 5.81. The van der Waals surface area contributed by atoms with Crippen LogP contribution in [0.1, 0.15) is 35.9 Å². The van der Waals surface area contributed by atoms with Crippen LogP contribution in [0.3, 0.4) is 0 Å². The van der Waals surface area contributed by atoms with Crippen LogP contribution in [0.4, 0.5) is 0 Å². The fraction of sp³-hybridized carbons (Fsp3) is 0.375. The first-order chi connectivity index (χ1) is 9.24. The number of thiophene rings is 1. The van der Waals surface area contributed by atoms with Crippen LogP contribution in [0.25, 0.3) is 0 Å². The Labute approximate surface area is 124 Å². The van der Waals surface area contributed by atoms with Crippen molar-refractivity contribution < 1.29 is 0 Å². The van der Waals surface area contributed by atoms with Crippen molar-refractivity contribution in [3.63, 3.8) is 0 Å². The van der Waals surface area contributed by atoms with Crippen LogP contribution in [0, 0.1) is 0 Å². The van der Waals surface area contributed by atoms with Gasteiger partial charge < -0.3 is 5.32 Å². The summed E-state index contributed by atoms with van der Waals surface area (Å²) in [6, 6.07) is 11.5. The molecular weight excluding hydrogens is 270 g/mol. The second kappa shape index (κ2) is 7.13. The standard InChI is InChI=1S/C16H21NS2/c1-4-13-9-10-19-16(13)11-17-12(2)14-5-7-15(18-3)8-6-14/h5-10,12,17H,4,11H2,1-3H3. The predicted molar refractivity (Wildman–Crippen MR) is 87.2 cm³/mol. The average molecular weight is 291 g/mol. The molecule has 1 unspecified atom stereocenters. The van der Waals surface area contributed by atoms with Crippen LogP contribution in [0.5, 0.6) is 0 Å². The van der Waals surface area contributed by atoms with Gasteiger partial charge in [-0.05, 0) is 54.3 Å². The third-order valence-electron chi connectivity index (χ3n) is 3.40. The second-order valence-corrected chi connectivity index (χ2v) is 6.48. The van der Waals surface area contributed by atoms with Crippen molar-refractivity contribution in [2.45, 2.75) is 37.8 Å². The second-order valence-electron chi connectivity index (χ2n) is 4.60. The van der Waals surface area contributed by atoms with Gasteiger partial charge in [0.2, 0.25) is 0 Å². The van der Waals surface area contributed by atoms with E-state index < -0.39 is 0 Å². The molecule has 0 saturated heterocycles. The Morgan fingerprint density at radius 1 is 1.21 bits per heavy atom. The van der Waals surface area contributed by atoms with Gasteiger partial charge in [-0.2, -0.15) is 0 Å². The summed E-state index contributed by atoms with van der Waals surface area (Å²) in [6.07, 6.45) is 3.23. The lowest BCUT2D eigenvalue weighted by Crippen LogP contribution is -2.18. The van der Waals surface area contributed by atoms with E-state index in [4.69, 9.17) is 0 Å². The van der Waals surface area contributed by atoms with Gasteiger partial charge in [0.05, 0.1) is 0 Å². The van der Waals surface area contributed by atoms with Crippen molar-refractivity contribution in [1.29, 1.82) is 0 Å². The zero-order valence-corrected chi connectivity index (χ0v) is 13.4. The minimum Gasteiger partial charge on any atom is -0.305 e. The molecule has 0 aliphatic carbocycles. The monoisotopic (exact) mass is 291 g/mol. The highest BCUT2D eigenvalue weighted by atomic mass is 32.2. The van der Waals surface area contributed by atoms with Gasteiger partial charge in [0.25, 0.3) is 0 Å². The minimum absolute atomic E-state index is 0.391. The highest BCUT2D eigenvalue weighted by Gasteiger charge is 2.07. The van der Waals surface area contributed by atoms with Gasteiger partial charge in [0, 0.05) is 22.4 Å². The van der Waals surface area contributed by atoms with Crippen molar-refractivity contribution in [2.75, 3.05) is 6.26 Å². The molecular formula is C16H21NS2. The molecule has 1 aromatic carbocycles. The van der Waals surface area contributed by atoms with Crippen LogP contribution in [-0.2, 0) is 13.0 Å². The van der Waals surface area contributed by atoms with E-state index in [2.05, 4.69) is 61.1 Å². The quantitative estimate of drug-likeness (QED) is 0.761. The van der Waals surface area contributed by atoms with Crippen LogP contribution in [0.2, 0.25) is 0 Å². The summed E-state index contributed by atoms with van der Waals surface area (Å²) in [6.45, 7) is 5.41. The largest absolute Gasteiger partial charge is 0.305 e. The van der Waals surface area contributed by atoms with Gasteiger partial charge in [-0.3, -0.25) is 0 Å². The Balaban J connectivity index is 1.95. The first-order valence-corrected chi connectivity index (χ1v) is 8.77. The Morgan fingerprint density at radius 2 is 1.95 bits per heavy atom. The minimum atomic E-state index is 0.391. The summed E-state index contributed by atoms with van der Waals surface area (Å²) in [5.74, 6) is 0. The SMILES string of the molecule is CCc1ccsc1CNC(C)c1ccc(SC)cc1. The summed E-state index contributed by atoms with van der Waals surface area (Å²) in [7, 11) is 0. The first-order valence-electron chi connectivity index (χ1n) is 6.67. The maximum absolute atomic E-state index is 3.62. The molecule has 1 atom stereocenters. The molecule has 3 heteroatoms. The van der Waals surface area contributed by atoms with Gasteiger partial charge >= 0.3 is 0 Å². The molecule has 0 aliphatic rings. The van der Waals surface area contributed by atoms with Gasteiger partial charge in [-0.25, -0.2) is 0 Å². The normalized spacial score (nSPS) is 12.6. The molecule has 1 nitrogen and oxygen atoms in total. The fourth-order valence-corrected chi connectivity index (χ4v) is 3.43. The van der Waals surface area contributed by atoms with Crippen molar-refractivity contribution in [3.8, 4) is 0 Å². The molecule has 0 radical (unpaired) electrons. The number of rotatable bonds is 6. The van der Waals surface area contributed by atoms with Crippen LogP contribution >= 0.6 is 23.1 Å².